The Morgan fingerprint density at radius 2 is 1.90 bits per heavy atom. The van der Waals surface area contributed by atoms with Gasteiger partial charge in [0.2, 0.25) is 11.8 Å². The van der Waals surface area contributed by atoms with Crippen molar-refractivity contribution in [2.75, 3.05) is 24.5 Å². The number of hydrogen-bond acceptors (Lipinski definition) is 9. The molecule has 3 fully saturated rings. The molecule has 5 heterocycles. The van der Waals surface area contributed by atoms with E-state index < -0.39 is 53.1 Å². The average molecular weight is 695 g/mol. The van der Waals surface area contributed by atoms with Crippen LogP contribution < -0.4 is 21.1 Å². The zero-order valence-corrected chi connectivity index (χ0v) is 29.2. The monoisotopic (exact) mass is 694 g/mol. The number of anilines is 1. The first kappa shape index (κ1) is 34.7. The number of nitrogens with zero attached hydrogens (tertiary/aromatic N) is 4. The second kappa shape index (κ2) is 14.0. The Bertz CT molecular complexity index is 1660. The normalized spacial score (nSPS) is 28.5. The lowest BCUT2D eigenvalue weighted by molar-refractivity contribution is -0.145. The first-order chi connectivity index (χ1) is 23.4. The van der Waals surface area contributed by atoms with E-state index in [0.29, 0.717) is 18.4 Å². The highest BCUT2D eigenvalue weighted by Crippen LogP contribution is 2.45. The molecule has 0 unspecified atom stereocenters. The predicted molar refractivity (Wildman–Crippen MR) is 184 cm³/mol. The van der Waals surface area contributed by atoms with Gasteiger partial charge in [-0.2, -0.15) is 16.4 Å². The van der Waals surface area contributed by atoms with E-state index in [4.69, 9.17) is 4.74 Å². The van der Waals surface area contributed by atoms with Crippen molar-refractivity contribution >= 4 is 40.9 Å². The number of aliphatic carboxylic acids is 1. The highest BCUT2D eigenvalue weighted by atomic mass is 32.1. The van der Waals surface area contributed by atoms with Crippen LogP contribution in [0, 0.1) is 5.92 Å². The van der Waals surface area contributed by atoms with Crippen LogP contribution in [-0.4, -0.2) is 86.5 Å². The molecule has 5 atom stereocenters. The van der Waals surface area contributed by atoms with E-state index in [1.165, 1.54) is 20.9 Å². The lowest BCUT2D eigenvalue weighted by atomic mass is 10.0. The summed E-state index contributed by atoms with van der Waals surface area (Å²) in [4.78, 5) is 71.7. The van der Waals surface area contributed by atoms with Gasteiger partial charge >= 0.3 is 12.1 Å². The quantitative estimate of drug-likeness (QED) is 0.392. The molecule has 49 heavy (non-hydrogen) atoms. The van der Waals surface area contributed by atoms with Crippen LogP contribution in [-0.2, 0) is 19.1 Å². The number of alkyl carbamates (subject to hydrolysis) is 1. The van der Waals surface area contributed by atoms with Gasteiger partial charge < -0.3 is 30.3 Å². The molecule has 13 nitrogen and oxygen atoms in total. The standard InChI is InChI=1S/C35H46N6O7S/c1-34(2,3)48-33(47)37-25-12-8-6-4-5-7-11-23-18-35(23,32(45)46)38-29(42)26-17-24(20-40(26)30(25)43)41-31(44)28(22-13-16-49-21-22)27(19-36-41)39-14-9-10-15-39/h7,11,13,16,19,21,23-26H,4-6,8-10,12,14-15,17-18,20H2,1-3H3,(H,37,47)(H,38,42)(H,45,46)/b11-7-/t23-,24-,25+,26+,35-/m1/s1. The summed E-state index contributed by atoms with van der Waals surface area (Å²) in [6.07, 6.45) is 10.4. The minimum Gasteiger partial charge on any atom is -0.479 e. The fraction of sp³-hybridized carbons (Fsp3) is 0.600. The topological polar surface area (TPSA) is 163 Å². The maximum Gasteiger partial charge on any atom is 0.408 e. The number of aromatic nitrogens is 2. The number of hydrogen-bond donors (Lipinski definition) is 3. The molecule has 3 amide bonds. The fourth-order valence-corrected chi connectivity index (χ4v) is 7.95. The van der Waals surface area contributed by atoms with Crippen molar-refractivity contribution in [2.45, 2.75) is 108 Å². The number of allylic oxidation sites excluding steroid dienone is 1. The van der Waals surface area contributed by atoms with Gasteiger partial charge in [-0.05, 0) is 76.1 Å². The third-order valence-corrected chi connectivity index (χ3v) is 10.6. The average Bonchev–Trinajstić information content (AvgIpc) is 3.56. The summed E-state index contributed by atoms with van der Waals surface area (Å²) in [5.74, 6) is -2.59. The highest BCUT2D eigenvalue weighted by Gasteiger charge is 2.61. The molecule has 1 saturated carbocycles. The van der Waals surface area contributed by atoms with Crippen LogP contribution in [0.15, 0.2) is 40.0 Å². The van der Waals surface area contributed by atoms with Crippen molar-refractivity contribution < 1.29 is 29.0 Å². The molecule has 0 aromatic carbocycles. The molecule has 2 aromatic heterocycles. The van der Waals surface area contributed by atoms with Crippen LogP contribution in [0.2, 0.25) is 0 Å². The van der Waals surface area contributed by atoms with E-state index in [-0.39, 0.29) is 30.9 Å². The van der Waals surface area contributed by atoms with Gasteiger partial charge in [0.05, 0.1) is 23.5 Å². The number of rotatable bonds is 5. The van der Waals surface area contributed by atoms with E-state index in [1.54, 1.807) is 27.0 Å². The van der Waals surface area contributed by atoms with Gasteiger partial charge in [-0.1, -0.05) is 25.0 Å². The van der Waals surface area contributed by atoms with Crippen molar-refractivity contribution in [2.24, 2.45) is 5.92 Å². The van der Waals surface area contributed by atoms with Crippen LogP contribution in [0.25, 0.3) is 11.1 Å². The third-order valence-electron chi connectivity index (χ3n) is 9.91. The summed E-state index contributed by atoms with van der Waals surface area (Å²) in [6, 6.07) is -0.854. The molecule has 0 spiro atoms. The zero-order valence-electron chi connectivity index (χ0n) is 28.4. The Balaban J connectivity index is 1.36. The largest absolute Gasteiger partial charge is 0.479 e. The summed E-state index contributed by atoms with van der Waals surface area (Å²) in [5, 5.41) is 24.2. The molecule has 2 aromatic rings. The van der Waals surface area contributed by atoms with Gasteiger partial charge in [0, 0.05) is 37.5 Å². The molecule has 6 rings (SSSR count). The Kier molecular flexibility index (Phi) is 9.88. The Morgan fingerprint density at radius 1 is 1.12 bits per heavy atom. The van der Waals surface area contributed by atoms with Crippen molar-refractivity contribution in [3.63, 3.8) is 0 Å². The van der Waals surface area contributed by atoms with Crippen LogP contribution in [0.4, 0.5) is 10.5 Å². The molecule has 3 N–H and O–H groups in total. The molecule has 2 saturated heterocycles. The number of thiophene rings is 1. The molecule has 264 valence electrons. The summed E-state index contributed by atoms with van der Waals surface area (Å²) in [6.45, 7) is 6.82. The summed E-state index contributed by atoms with van der Waals surface area (Å²) in [7, 11) is 0. The number of carboxylic acids is 1. The Labute approximate surface area is 289 Å². The van der Waals surface area contributed by atoms with E-state index in [9.17, 15) is 29.1 Å². The maximum atomic E-state index is 14.4. The Morgan fingerprint density at radius 3 is 2.59 bits per heavy atom. The predicted octanol–water partition coefficient (Wildman–Crippen LogP) is 4.09. The summed E-state index contributed by atoms with van der Waals surface area (Å²) < 4.78 is 6.85. The second-order valence-electron chi connectivity index (χ2n) is 14.6. The van der Waals surface area contributed by atoms with Gasteiger partial charge in [0.15, 0.2) is 0 Å². The van der Waals surface area contributed by atoms with Gasteiger partial charge in [0.25, 0.3) is 5.56 Å². The van der Waals surface area contributed by atoms with Crippen molar-refractivity contribution in [1.29, 1.82) is 0 Å². The smallest absolute Gasteiger partial charge is 0.408 e. The molecule has 3 aliphatic heterocycles. The second-order valence-corrected chi connectivity index (χ2v) is 15.4. The Hall–Kier alpha value is -4.20. The number of nitrogens with one attached hydrogen (secondary N) is 2. The van der Waals surface area contributed by atoms with Gasteiger partial charge in [0.1, 0.15) is 23.2 Å². The van der Waals surface area contributed by atoms with Crippen LogP contribution in [0.5, 0.6) is 0 Å². The van der Waals surface area contributed by atoms with Gasteiger partial charge in [-0.15, -0.1) is 0 Å². The van der Waals surface area contributed by atoms with Crippen molar-refractivity contribution in [3.8, 4) is 11.1 Å². The molecule has 4 aliphatic rings. The molecule has 1 aliphatic carbocycles. The van der Waals surface area contributed by atoms with Crippen LogP contribution in [0.3, 0.4) is 0 Å². The molecule has 14 heteroatoms. The highest BCUT2D eigenvalue weighted by molar-refractivity contribution is 7.08. The summed E-state index contributed by atoms with van der Waals surface area (Å²) in [5.41, 5.74) is -0.501. The zero-order chi connectivity index (χ0) is 34.9. The van der Waals surface area contributed by atoms with E-state index in [1.807, 2.05) is 29.0 Å². The number of carboxylic acid groups (broad SMARTS) is 1. The summed E-state index contributed by atoms with van der Waals surface area (Å²) >= 11 is 1.49. The maximum absolute atomic E-state index is 14.4. The third kappa shape index (κ3) is 7.38. The first-order valence-electron chi connectivity index (χ1n) is 17.3. The minimum atomic E-state index is -1.46. The van der Waals surface area contributed by atoms with Crippen LogP contribution in [0.1, 0.15) is 84.6 Å². The van der Waals surface area contributed by atoms with Crippen molar-refractivity contribution in [1.82, 2.24) is 25.3 Å². The number of ether oxygens (including phenoxy) is 1. The van der Waals surface area contributed by atoms with Gasteiger partial charge in [-0.3, -0.25) is 14.4 Å². The lowest BCUT2D eigenvalue weighted by Crippen LogP contribution is -2.56. The van der Waals surface area contributed by atoms with Crippen LogP contribution >= 0.6 is 11.3 Å². The fourth-order valence-electron chi connectivity index (χ4n) is 7.30. The molecular weight excluding hydrogens is 648 g/mol. The molecule has 0 bridgehead atoms. The number of amides is 3. The molecular formula is C35H46N6O7S. The number of fused-ring (bicyclic) bond motifs is 2. The van der Waals surface area contributed by atoms with Crippen molar-refractivity contribution in [3.05, 3.63) is 45.5 Å². The van der Waals surface area contributed by atoms with E-state index in [0.717, 1.165) is 56.4 Å². The van der Waals surface area contributed by atoms with E-state index in [2.05, 4.69) is 20.6 Å². The first-order valence-corrected chi connectivity index (χ1v) is 18.2. The number of carbonyl (C=O) groups excluding carboxylic acids is 3. The SMILES string of the molecule is CC(C)(C)OC(=O)N[C@H]1CCCCC/C=C\[C@@H]2C[C@@]2(C(=O)O)NC(=O)[C@@H]2C[C@@H](n3ncc(N4CCCC4)c(-c4ccsc4)c3=O)CN2C1=O. The lowest BCUT2D eigenvalue weighted by Gasteiger charge is -2.30. The minimum absolute atomic E-state index is 0.0220. The van der Waals surface area contributed by atoms with Gasteiger partial charge in [-0.25, -0.2) is 14.3 Å². The molecule has 0 radical (unpaired) electrons. The number of carbonyl (C=O) groups is 4. The van der Waals surface area contributed by atoms with E-state index >= 15 is 0 Å².